The molecule has 9 nitrogen and oxygen atoms in total. The highest BCUT2D eigenvalue weighted by Gasteiger charge is 2.23. The number of carbonyl (C=O) groups excluding carboxylic acids is 2. The highest BCUT2D eigenvalue weighted by atomic mass is 32.1. The molecule has 0 radical (unpaired) electrons. The summed E-state index contributed by atoms with van der Waals surface area (Å²) in [5, 5.41) is 15.3. The number of anilines is 1. The van der Waals surface area contributed by atoms with E-state index in [0.29, 0.717) is 17.2 Å². The minimum absolute atomic E-state index is 0.189. The normalized spacial score (nSPS) is 14.8. The van der Waals surface area contributed by atoms with E-state index < -0.39 is 23.9 Å². The van der Waals surface area contributed by atoms with Crippen molar-refractivity contribution in [1.29, 1.82) is 0 Å². The number of amides is 3. The molecule has 0 aliphatic heterocycles. The van der Waals surface area contributed by atoms with Crippen LogP contribution in [0.1, 0.15) is 42.5 Å². The molecule has 1 aromatic heterocycles. The van der Waals surface area contributed by atoms with Crippen molar-refractivity contribution >= 4 is 34.2 Å². The van der Waals surface area contributed by atoms with Crippen LogP contribution in [0.25, 0.3) is 10.4 Å². The zero-order valence-corrected chi connectivity index (χ0v) is 17.7. The van der Waals surface area contributed by atoms with Gasteiger partial charge in [0.25, 0.3) is 5.91 Å². The number of urea groups is 1. The Morgan fingerprint density at radius 2 is 1.84 bits per heavy atom. The van der Waals surface area contributed by atoms with Crippen molar-refractivity contribution in [2.24, 2.45) is 11.5 Å². The third-order valence-electron chi connectivity index (χ3n) is 5.14. The van der Waals surface area contributed by atoms with Crippen molar-refractivity contribution in [2.45, 2.75) is 44.2 Å². The Bertz CT molecular complexity index is 938. The lowest BCUT2D eigenvalue weighted by Gasteiger charge is -2.19. The maximum absolute atomic E-state index is 11.6. The Balaban J connectivity index is 1.59. The Morgan fingerprint density at radius 1 is 1.16 bits per heavy atom. The quantitative estimate of drug-likeness (QED) is 0.378. The minimum Gasteiger partial charge on any atom is -0.494 e. The summed E-state index contributed by atoms with van der Waals surface area (Å²) in [7, 11) is 0. The van der Waals surface area contributed by atoms with Crippen LogP contribution in [0.15, 0.2) is 30.3 Å². The number of benzene rings is 1. The van der Waals surface area contributed by atoms with Crippen LogP contribution in [0.4, 0.5) is 9.80 Å². The number of hydrogen-bond acceptors (Lipinski definition) is 6. The van der Waals surface area contributed by atoms with Crippen LogP contribution in [0.5, 0.6) is 5.75 Å². The van der Waals surface area contributed by atoms with E-state index in [1.165, 1.54) is 11.3 Å². The summed E-state index contributed by atoms with van der Waals surface area (Å²) in [5.41, 5.74) is 11.5. The number of carbonyl (C=O) groups is 3. The highest BCUT2D eigenvalue weighted by Crippen LogP contribution is 2.36. The monoisotopic (exact) mass is 446 g/mol. The van der Waals surface area contributed by atoms with Crippen LogP contribution in [0, 0.1) is 0 Å². The molecule has 1 aliphatic carbocycles. The van der Waals surface area contributed by atoms with E-state index >= 15 is 0 Å². The molecule has 2 aromatic rings. The lowest BCUT2D eigenvalue weighted by molar-refractivity contribution is -0.140. The molecule has 7 N–H and O–H groups in total. The number of nitrogens with two attached hydrogens (primary N) is 2. The molecule has 0 spiro atoms. The summed E-state index contributed by atoms with van der Waals surface area (Å²) in [6.07, 6.45) is 4.67. The van der Waals surface area contributed by atoms with E-state index in [1.54, 1.807) is 18.2 Å². The number of thiophene rings is 1. The zero-order chi connectivity index (χ0) is 22.4. The van der Waals surface area contributed by atoms with E-state index in [-0.39, 0.29) is 18.2 Å². The molecule has 3 amide bonds. The van der Waals surface area contributed by atoms with Gasteiger partial charge in [-0.3, -0.25) is 14.9 Å². The van der Waals surface area contributed by atoms with Gasteiger partial charge < -0.3 is 26.6 Å². The van der Waals surface area contributed by atoms with Crippen molar-refractivity contribution < 1.29 is 24.2 Å². The maximum Gasteiger partial charge on any atom is 0.320 e. The van der Waals surface area contributed by atoms with Crippen LogP contribution in [0.3, 0.4) is 0 Å². The standard InChI is InChI=1S/C21H26N4O5S/c22-18(26)15-11-17(31-19(15)25-21(23)29)12-5-7-14(8-6-12)30-10-9-16(20(27)28)24-13-3-1-2-4-13/h5-8,11,13,16,24H,1-4,9-10H2,(H2,22,26)(H,27,28)(H3,23,25,29)/t16-/m0/s1. The molecule has 1 saturated carbocycles. The summed E-state index contributed by atoms with van der Waals surface area (Å²) >= 11 is 1.19. The van der Waals surface area contributed by atoms with Gasteiger partial charge in [0.2, 0.25) is 0 Å². The van der Waals surface area contributed by atoms with Gasteiger partial charge in [0.1, 0.15) is 16.8 Å². The van der Waals surface area contributed by atoms with Crippen molar-refractivity contribution in [3.05, 3.63) is 35.9 Å². The van der Waals surface area contributed by atoms with Gasteiger partial charge in [-0.1, -0.05) is 12.8 Å². The minimum atomic E-state index is -0.867. The Morgan fingerprint density at radius 3 is 2.42 bits per heavy atom. The number of hydrogen-bond donors (Lipinski definition) is 5. The first-order chi connectivity index (χ1) is 14.8. The van der Waals surface area contributed by atoms with E-state index in [2.05, 4.69) is 10.6 Å². The zero-order valence-electron chi connectivity index (χ0n) is 16.9. The Kier molecular flexibility index (Phi) is 7.48. The summed E-state index contributed by atoms with van der Waals surface area (Å²) in [6.45, 7) is 0.271. The first-order valence-corrected chi connectivity index (χ1v) is 10.9. The Hall–Kier alpha value is -3.11. The molecular formula is C21H26N4O5S. The number of carboxylic acids is 1. The molecule has 1 aromatic carbocycles. The van der Waals surface area contributed by atoms with E-state index in [0.717, 1.165) is 36.1 Å². The van der Waals surface area contributed by atoms with Crippen LogP contribution in [0.2, 0.25) is 0 Å². The van der Waals surface area contributed by atoms with Gasteiger partial charge in [-0.05, 0) is 48.7 Å². The molecule has 166 valence electrons. The SMILES string of the molecule is NC(=O)Nc1sc(-c2ccc(OCC[C@H](NC3CCCC3)C(=O)O)cc2)cc1C(N)=O. The second kappa shape index (κ2) is 10.3. The van der Waals surface area contributed by atoms with Crippen LogP contribution in [-0.4, -0.2) is 41.7 Å². The predicted octanol–water partition coefficient (Wildman–Crippen LogP) is 2.76. The lowest BCUT2D eigenvalue weighted by atomic mass is 10.1. The topological polar surface area (TPSA) is 157 Å². The fourth-order valence-electron chi connectivity index (χ4n) is 3.59. The number of primary amides is 2. The molecule has 0 saturated heterocycles. The van der Waals surface area contributed by atoms with Crippen LogP contribution < -0.4 is 26.8 Å². The predicted molar refractivity (Wildman–Crippen MR) is 118 cm³/mol. The first-order valence-electron chi connectivity index (χ1n) is 10.1. The third-order valence-corrected chi connectivity index (χ3v) is 6.24. The van der Waals surface area contributed by atoms with E-state index in [4.69, 9.17) is 16.2 Å². The first kappa shape index (κ1) is 22.6. The summed E-state index contributed by atoms with van der Waals surface area (Å²) in [6, 6.07) is 7.61. The van der Waals surface area contributed by atoms with Gasteiger partial charge >= 0.3 is 12.0 Å². The average molecular weight is 447 g/mol. The molecule has 1 fully saturated rings. The van der Waals surface area contributed by atoms with Gasteiger partial charge in [-0.25, -0.2) is 4.79 Å². The largest absolute Gasteiger partial charge is 0.494 e. The summed E-state index contributed by atoms with van der Waals surface area (Å²) in [4.78, 5) is 35.0. The molecule has 0 unspecified atom stereocenters. The van der Waals surface area contributed by atoms with E-state index in [9.17, 15) is 19.5 Å². The molecule has 1 aliphatic rings. The summed E-state index contributed by atoms with van der Waals surface area (Å²) in [5.74, 6) is -0.921. The second-order valence-electron chi connectivity index (χ2n) is 7.41. The van der Waals surface area contributed by atoms with Gasteiger partial charge in [0.05, 0.1) is 12.2 Å². The summed E-state index contributed by atoms with van der Waals surface area (Å²) < 4.78 is 5.71. The number of ether oxygens (including phenoxy) is 1. The average Bonchev–Trinajstić information content (AvgIpc) is 3.37. The van der Waals surface area contributed by atoms with Crippen LogP contribution >= 0.6 is 11.3 Å². The lowest BCUT2D eigenvalue weighted by Crippen LogP contribution is -2.43. The molecule has 1 atom stereocenters. The maximum atomic E-state index is 11.6. The van der Waals surface area contributed by atoms with Gasteiger partial charge in [-0.2, -0.15) is 0 Å². The third kappa shape index (κ3) is 6.19. The van der Waals surface area contributed by atoms with Crippen molar-refractivity contribution in [3.63, 3.8) is 0 Å². The molecule has 1 heterocycles. The number of aliphatic carboxylic acids is 1. The Labute approximate surface area is 183 Å². The van der Waals surface area contributed by atoms with Crippen molar-refractivity contribution in [3.8, 4) is 16.2 Å². The van der Waals surface area contributed by atoms with Gasteiger partial charge in [0.15, 0.2) is 0 Å². The molecule has 10 heteroatoms. The highest BCUT2D eigenvalue weighted by molar-refractivity contribution is 7.20. The van der Waals surface area contributed by atoms with Gasteiger partial charge in [-0.15, -0.1) is 11.3 Å². The fraction of sp³-hybridized carbons (Fsp3) is 0.381. The molecule has 31 heavy (non-hydrogen) atoms. The number of nitrogens with one attached hydrogen (secondary N) is 2. The molecule has 0 bridgehead atoms. The second-order valence-corrected chi connectivity index (χ2v) is 8.46. The van der Waals surface area contributed by atoms with Crippen LogP contribution in [-0.2, 0) is 4.79 Å². The molecular weight excluding hydrogens is 420 g/mol. The molecule has 3 rings (SSSR count). The van der Waals surface area contributed by atoms with Crippen molar-refractivity contribution in [2.75, 3.05) is 11.9 Å². The number of rotatable bonds is 10. The van der Waals surface area contributed by atoms with Crippen molar-refractivity contribution in [1.82, 2.24) is 5.32 Å². The van der Waals surface area contributed by atoms with Gasteiger partial charge in [0, 0.05) is 17.3 Å². The smallest absolute Gasteiger partial charge is 0.320 e. The number of carboxylic acid groups (broad SMARTS) is 1. The fourth-order valence-corrected chi connectivity index (χ4v) is 4.66. The van der Waals surface area contributed by atoms with E-state index in [1.807, 2.05) is 12.1 Å².